The number of hydrogen-bond donors (Lipinski definition) is 0. The average Bonchev–Trinajstić information content (AvgIpc) is 3.18. The van der Waals surface area contributed by atoms with Crippen LogP contribution in [-0.4, -0.2) is 19.0 Å². The quantitative estimate of drug-likeness (QED) is 0.571. The average molecular weight is 355 g/mol. The zero-order valence-corrected chi connectivity index (χ0v) is 16.6. The summed E-state index contributed by atoms with van der Waals surface area (Å²) in [4.78, 5) is 0. The van der Waals surface area contributed by atoms with Gasteiger partial charge < -0.3 is 9.47 Å². The first-order valence-corrected chi connectivity index (χ1v) is 10.8. The van der Waals surface area contributed by atoms with Crippen LogP contribution >= 0.6 is 0 Å². The highest BCUT2D eigenvalue weighted by atomic mass is 16.7. The lowest BCUT2D eigenvalue weighted by atomic mass is 9.53. The van der Waals surface area contributed by atoms with Gasteiger partial charge in [0.2, 0.25) is 0 Å². The fourth-order valence-corrected chi connectivity index (χ4v) is 7.29. The van der Waals surface area contributed by atoms with Crippen molar-refractivity contribution in [1.82, 2.24) is 0 Å². The normalized spacial score (nSPS) is 43.7. The van der Waals surface area contributed by atoms with Crippen molar-refractivity contribution >= 4 is 0 Å². The summed E-state index contributed by atoms with van der Waals surface area (Å²) in [5.74, 6) is 1.38. The molecule has 2 nitrogen and oxygen atoms in total. The Balaban J connectivity index is 1.47. The van der Waals surface area contributed by atoms with Gasteiger partial charge in [-0.2, -0.15) is 0 Å². The van der Waals surface area contributed by atoms with Crippen LogP contribution in [-0.2, 0) is 9.47 Å². The van der Waals surface area contributed by atoms with E-state index < -0.39 is 0 Å². The Morgan fingerprint density at radius 3 is 2.73 bits per heavy atom. The van der Waals surface area contributed by atoms with E-state index in [-0.39, 0.29) is 5.79 Å². The van der Waals surface area contributed by atoms with Gasteiger partial charge in [-0.3, -0.25) is 0 Å². The van der Waals surface area contributed by atoms with Crippen LogP contribution in [0.3, 0.4) is 0 Å². The number of ether oxygens (including phenoxy) is 2. The van der Waals surface area contributed by atoms with E-state index >= 15 is 0 Å². The third-order valence-corrected chi connectivity index (χ3v) is 9.01. The Morgan fingerprint density at radius 2 is 1.96 bits per heavy atom. The summed E-state index contributed by atoms with van der Waals surface area (Å²) in [6.45, 7) is 10.7. The van der Waals surface area contributed by atoms with E-state index in [1.54, 1.807) is 16.7 Å². The maximum atomic E-state index is 6.02. The Bertz CT molecular complexity index is 680. The maximum Gasteiger partial charge on any atom is 0.172 e. The van der Waals surface area contributed by atoms with Gasteiger partial charge in [-0.1, -0.05) is 31.6 Å². The van der Waals surface area contributed by atoms with Gasteiger partial charge in [-0.25, -0.2) is 0 Å². The van der Waals surface area contributed by atoms with Gasteiger partial charge in [0, 0.05) is 12.8 Å². The van der Waals surface area contributed by atoms with Crippen LogP contribution in [0.4, 0.5) is 0 Å². The molecule has 2 fully saturated rings. The number of hydrogen-bond acceptors (Lipinski definition) is 2. The van der Waals surface area contributed by atoms with Crippen molar-refractivity contribution in [3.8, 4) is 0 Å². The summed E-state index contributed by atoms with van der Waals surface area (Å²) < 4.78 is 12.0. The fraction of sp³-hybridized carbons (Fsp3) is 0.750. The summed E-state index contributed by atoms with van der Waals surface area (Å²) >= 11 is 0. The SMILES string of the molecule is C=CC[C@]1(C)CC[C@H]2[C@@H]3CCC4=C(CCC5(C4)OCCO5)C3=CC[C@@]21C. The lowest BCUT2D eigenvalue weighted by Crippen LogP contribution is -2.44. The largest absolute Gasteiger partial charge is 0.347 e. The van der Waals surface area contributed by atoms with Crippen molar-refractivity contribution in [2.75, 3.05) is 13.2 Å². The van der Waals surface area contributed by atoms with Crippen molar-refractivity contribution in [2.24, 2.45) is 22.7 Å². The first kappa shape index (κ1) is 17.3. The highest BCUT2D eigenvalue weighted by Crippen LogP contribution is 2.67. The summed E-state index contributed by atoms with van der Waals surface area (Å²) in [5.41, 5.74) is 5.95. The predicted molar refractivity (Wildman–Crippen MR) is 105 cm³/mol. The smallest absolute Gasteiger partial charge is 0.172 e. The minimum Gasteiger partial charge on any atom is -0.347 e. The molecule has 5 rings (SSSR count). The van der Waals surface area contributed by atoms with Gasteiger partial charge in [-0.15, -0.1) is 6.58 Å². The van der Waals surface area contributed by atoms with Crippen molar-refractivity contribution in [2.45, 2.75) is 77.4 Å². The highest BCUT2D eigenvalue weighted by molar-refractivity contribution is 5.45. The van der Waals surface area contributed by atoms with Crippen molar-refractivity contribution in [3.63, 3.8) is 0 Å². The molecule has 1 aliphatic heterocycles. The monoisotopic (exact) mass is 354 g/mol. The lowest BCUT2D eigenvalue weighted by Gasteiger charge is -2.52. The minimum atomic E-state index is -0.273. The van der Waals surface area contributed by atoms with Crippen LogP contribution < -0.4 is 0 Å². The molecular weight excluding hydrogens is 320 g/mol. The van der Waals surface area contributed by atoms with E-state index in [2.05, 4.69) is 32.6 Å². The van der Waals surface area contributed by atoms with Gasteiger partial charge in [0.15, 0.2) is 5.79 Å². The molecule has 4 aliphatic carbocycles. The minimum absolute atomic E-state index is 0.273. The molecule has 0 radical (unpaired) electrons. The predicted octanol–water partition coefficient (Wildman–Crippen LogP) is 5.95. The van der Waals surface area contributed by atoms with Crippen LogP contribution in [0.2, 0.25) is 0 Å². The standard InChI is InChI=1S/C24H34O2/c1-4-10-22(2)11-9-21-20-6-5-17-16-24(25-14-15-26-24)13-8-18(17)19(20)7-12-23(21,22)3/h4,7,20-21H,1,5-6,8-16H2,2-3H3/t20-,21+,22-,23+/m1/s1. The second-order valence-electron chi connectivity index (χ2n) is 9.99. The maximum absolute atomic E-state index is 6.02. The molecule has 5 aliphatic rings. The molecular formula is C24H34O2. The number of fused-ring (bicyclic) bond motifs is 4. The molecule has 142 valence electrons. The van der Waals surface area contributed by atoms with Gasteiger partial charge >= 0.3 is 0 Å². The Hall–Kier alpha value is -0.860. The first-order chi connectivity index (χ1) is 12.5. The van der Waals surface area contributed by atoms with Gasteiger partial charge in [0.1, 0.15) is 0 Å². The van der Waals surface area contributed by atoms with E-state index in [4.69, 9.17) is 9.47 Å². The van der Waals surface area contributed by atoms with Crippen LogP contribution in [0.15, 0.2) is 35.5 Å². The second kappa shape index (κ2) is 5.82. The van der Waals surface area contributed by atoms with Gasteiger partial charge in [-0.05, 0) is 78.8 Å². The molecule has 0 amide bonds. The molecule has 0 aromatic carbocycles. The van der Waals surface area contributed by atoms with E-state index in [0.717, 1.165) is 44.3 Å². The molecule has 0 aromatic rings. The molecule has 1 saturated carbocycles. The van der Waals surface area contributed by atoms with Crippen molar-refractivity contribution in [1.29, 1.82) is 0 Å². The molecule has 0 bridgehead atoms. The molecule has 1 spiro atoms. The van der Waals surface area contributed by atoms with E-state index in [1.165, 1.54) is 38.5 Å². The number of allylic oxidation sites excluding steroid dienone is 4. The van der Waals surface area contributed by atoms with Gasteiger partial charge in [0.25, 0.3) is 0 Å². The summed E-state index contributed by atoms with van der Waals surface area (Å²) in [5, 5.41) is 0. The molecule has 4 atom stereocenters. The number of rotatable bonds is 2. The zero-order chi connectivity index (χ0) is 18.0. The molecule has 0 aromatic heterocycles. The molecule has 0 N–H and O–H groups in total. The van der Waals surface area contributed by atoms with Crippen molar-refractivity contribution in [3.05, 3.63) is 35.5 Å². The van der Waals surface area contributed by atoms with E-state index in [9.17, 15) is 0 Å². The third-order valence-electron chi connectivity index (χ3n) is 9.01. The first-order valence-electron chi connectivity index (χ1n) is 10.8. The van der Waals surface area contributed by atoms with E-state index in [0.29, 0.717) is 10.8 Å². The zero-order valence-electron chi connectivity index (χ0n) is 16.6. The van der Waals surface area contributed by atoms with Gasteiger partial charge in [0.05, 0.1) is 13.2 Å². The molecule has 1 saturated heterocycles. The highest BCUT2D eigenvalue weighted by Gasteiger charge is 2.58. The Labute approximate surface area is 158 Å². The van der Waals surface area contributed by atoms with Crippen LogP contribution in [0.5, 0.6) is 0 Å². The van der Waals surface area contributed by atoms with Crippen LogP contribution in [0.25, 0.3) is 0 Å². The fourth-order valence-electron chi connectivity index (χ4n) is 7.29. The lowest BCUT2D eigenvalue weighted by molar-refractivity contribution is -0.164. The topological polar surface area (TPSA) is 18.5 Å². The third kappa shape index (κ3) is 2.24. The Kier molecular flexibility index (Phi) is 3.86. The summed E-state index contributed by atoms with van der Waals surface area (Å²) in [6, 6.07) is 0. The molecule has 1 heterocycles. The van der Waals surface area contributed by atoms with E-state index in [1.807, 2.05) is 0 Å². The second-order valence-corrected chi connectivity index (χ2v) is 9.99. The van der Waals surface area contributed by atoms with Crippen LogP contribution in [0.1, 0.15) is 71.6 Å². The molecule has 2 heteroatoms. The summed E-state index contributed by atoms with van der Waals surface area (Å²) in [6.07, 6.45) is 15.8. The molecule has 0 unspecified atom stereocenters. The Morgan fingerprint density at radius 1 is 1.15 bits per heavy atom. The van der Waals surface area contributed by atoms with Crippen molar-refractivity contribution < 1.29 is 9.47 Å². The summed E-state index contributed by atoms with van der Waals surface area (Å²) in [7, 11) is 0. The van der Waals surface area contributed by atoms with Crippen LogP contribution in [0, 0.1) is 22.7 Å². The molecule has 26 heavy (non-hydrogen) atoms.